The normalized spacial score (nSPS) is 12.3. The maximum atomic E-state index is 12.4. The van der Waals surface area contributed by atoms with Gasteiger partial charge in [-0.25, -0.2) is 8.42 Å². The Morgan fingerprint density at radius 1 is 1.10 bits per heavy atom. The highest BCUT2D eigenvalue weighted by Crippen LogP contribution is 2.22. The number of rotatable bonds is 7. The largest absolute Gasteiger partial charge is 0.468 e. The Morgan fingerprint density at radius 2 is 1.77 bits per heavy atom. The van der Waals surface area contributed by atoms with E-state index in [-0.39, 0.29) is 30.0 Å². The molecular formula is C20H18Cl2N2O5S2. The number of esters is 1. The number of hydrogen-bond acceptors (Lipinski definition) is 6. The Balaban J connectivity index is 1.78. The number of thiazole rings is 1. The van der Waals surface area contributed by atoms with Crippen LogP contribution in [0.1, 0.15) is 12.8 Å². The molecule has 7 nitrogen and oxygen atoms in total. The molecule has 0 radical (unpaired) electrons. The number of amides is 1. The van der Waals surface area contributed by atoms with Gasteiger partial charge in [-0.2, -0.15) is 4.99 Å². The monoisotopic (exact) mass is 500 g/mol. The van der Waals surface area contributed by atoms with Crippen molar-refractivity contribution in [3.05, 3.63) is 57.3 Å². The van der Waals surface area contributed by atoms with Gasteiger partial charge < -0.3 is 9.30 Å². The van der Waals surface area contributed by atoms with Gasteiger partial charge in [0, 0.05) is 16.5 Å². The summed E-state index contributed by atoms with van der Waals surface area (Å²) in [5.74, 6) is -1.17. The molecule has 0 aliphatic heterocycles. The number of carbonyl (C=O) groups is 2. The standard InChI is InChI=1S/C20H18Cl2N2O5S2/c1-29-19(26)12-24-16-9-6-14(22)11-17(16)30-20(24)23-18(25)3-2-10-31(27,28)15-7-4-13(21)5-8-15/h4-9,11H,2-3,10,12H2,1H3. The van der Waals surface area contributed by atoms with Crippen LogP contribution in [0.4, 0.5) is 0 Å². The van der Waals surface area contributed by atoms with Crippen molar-refractivity contribution in [1.29, 1.82) is 0 Å². The van der Waals surface area contributed by atoms with Crippen molar-refractivity contribution in [3.8, 4) is 0 Å². The van der Waals surface area contributed by atoms with Crippen molar-refractivity contribution in [2.24, 2.45) is 4.99 Å². The van der Waals surface area contributed by atoms with Crippen LogP contribution in [0.25, 0.3) is 10.2 Å². The van der Waals surface area contributed by atoms with Crippen molar-refractivity contribution in [3.63, 3.8) is 0 Å². The first-order valence-electron chi connectivity index (χ1n) is 9.11. The number of methoxy groups -OCH3 is 1. The molecule has 0 spiro atoms. The fraction of sp³-hybridized carbons (Fsp3) is 0.250. The number of fused-ring (bicyclic) bond motifs is 1. The molecule has 1 amide bonds. The molecule has 31 heavy (non-hydrogen) atoms. The average Bonchev–Trinajstić information content (AvgIpc) is 3.03. The summed E-state index contributed by atoms with van der Waals surface area (Å²) in [7, 11) is -2.25. The lowest BCUT2D eigenvalue weighted by molar-refractivity contribution is -0.141. The first-order valence-corrected chi connectivity index (χ1v) is 12.3. The van der Waals surface area contributed by atoms with E-state index in [9.17, 15) is 18.0 Å². The predicted molar refractivity (Wildman–Crippen MR) is 120 cm³/mol. The molecule has 164 valence electrons. The number of aromatic nitrogens is 1. The molecule has 3 aromatic rings. The summed E-state index contributed by atoms with van der Waals surface area (Å²) in [6.45, 7) is -0.116. The fourth-order valence-electron chi connectivity index (χ4n) is 2.81. The van der Waals surface area contributed by atoms with E-state index in [4.69, 9.17) is 27.9 Å². The summed E-state index contributed by atoms with van der Waals surface area (Å²) in [6.07, 6.45) is 0.0566. The zero-order valence-corrected chi connectivity index (χ0v) is 19.5. The lowest BCUT2D eigenvalue weighted by Crippen LogP contribution is -2.22. The van der Waals surface area contributed by atoms with Crippen LogP contribution in [0, 0.1) is 0 Å². The van der Waals surface area contributed by atoms with Crippen molar-refractivity contribution >= 4 is 66.5 Å². The van der Waals surface area contributed by atoms with Gasteiger partial charge in [0.2, 0.25) is 5.91 Å². The van der Waals surface area contributed by atoms with Crippen LogP contribution in [0.5, 0.6) is 0 Å². The van der Waals surface area contributed by atoms with Gasteiger partial charge in [-0.1, -0.05) is 34.5 Å². The molecule has 0 saturated heterocycles. The fourth-order valence-corrected chi connectivity index (χ4v) is 5.57. The van der Waals surface area contributed by atoms with E-state index in [0.29, 0.717) is 20.4 Å². The second-order valence-electron chi connectivity index (χ2n) is 6.54. The third-order valence-corrected chi connectivity index (χ3v) is 7.70. The van der Waals surface area contributed by atoms with Gasteiger partial charge in [-0.15, -0.1) is 0 Å². The van der Waals surface area contributed by atoms with E-state index >= 15 is 0 Å². The number of sulfone groups is 1. The Morgan fingerprint density at radius 3 is 2.45 bits per heavy atom. The minimum Gasteiger partial charge on any atom is -0.468 e. The molecule has 0 aliphatic rings. The molecule has 0 bridgehead atoms. The maximum absolute atomic E-state index is 12.4. The van der Waals surface area contributed by atoms with Crippen molar-refractivity contribution < 1.29 is 22.7 Å². The first kappa shape index (κ1) is 23.5. The molecule has 11 heteroatoms. The van der Waals surface area contributed by atoms with Gasteiger partial charge in [-0.3, -0.25) is 9.59 Å². The van der Waals surface area contributed by atoms with E-state index in [0.717, 1.165) is 4.70 Å². The molecule has 1 aromatic heterocycles. The Hall–Kier alpha value is -2.20. The molecule has 0 N–H and O–H groups in total. The van der Waals surface area contributed by atoms with Gasteiger partial charge in [0.15, 0.2) is 14.6 Å². The van der Waals surface area contributed by atoms with Crippen LogP contribution < -0.4 is 4.80 Å². The van der Waals surface area contributed by atoms with Crippen LogP contribution >= 0.6 is 34.5 Å². The smallest absolute Gasteiger partial charge is 0.325 e. The quantitative estimate of drug-likeness (QED) is 0.459. The highest BCUT2D eigenvalue weighted by atomic mass is 35.5. The van der Waals surface area contributed by atoms with Crippen LogP contribution in [0.2, 0.25) is 10.0 Å². The zero-order valence-electron chi connectivity index (χ0n) is 16.4. The van der Waals surface area contributed by atoms with Gasteiger partial charge in [-0.05, 0) is 48.9 Å². The topological polar surface area (TPSA) is 94.8 Å². The summed E-state index contributed by atoms with van der Waals surface area (Å²) in [5, 5.41) is 0.960. The van der Waals surface area contributed by atoms with Crippen LogP contribution in [-0.4, -0.2) is 37.7 Å². The number of nitrogens with zero attached hydrogens (tertiary/aromatic N) is 2. The first-order chi connectivity index (χ1) is 14.7. The molecule has 3 rings (SSSR count). The van der Waals surface area contributed by atoms with Gasteiger partial charge in [0.05, 0.1) is 28.0 Å². The molecule has 0 unspecified atom stereocenters. The zero-order chi connectivity index (χ0) is 22.6. The Labute approximate surface area is 192 Å². The number of hydrogen-bond donors (Lipinski definition) is 0. The van der Waals surface area contributed by atoms with E-state index in [1.807, 2.05) is 0 Å². The number of carbonyl (C=O) groups excluding carboxylic acids is 2. The van der Waals surface area contributed by atoms with Gasteiger partial charge >= 0.3 is 5.97 Å². The lowest BCUT2D eigenvalue weighted by Gasteiger charge is -2.04. The Bertz CT molecular complexity index is 1300. The van der Waals surface area contributed by atoms with Crippen LogP contribution in [0.3, 0.4) is 0 Å². The summed E-state index contributed by atoms with van der Waals surface area (Å²) in [6, 6.07) is 11.0. The van der Waals surface area contributed by atoms with Crippen molar-refractivity contribution in [2.75, 3.05) is 12.9 Å². The molecule has 1 heterocycles. The average molecular weight is 501 g/mol. The molecule has 0 aliphatic carbocycles. The van der Waals surface area contributed by atoms with Crippen LogP contribution in [-0.2, 0) is 30.7 Å². The number of benzene rings is 2. The minimum absolute atomic E-state index is 0.0555. The summed E-state index contributed by atoms with van der Waals surface area (Å²) in [5.41, 5.74) is 0.691. The predicted octanol–water partition coefficient (Wildman–Crippen LogP) is 3.86. The number of ether oxygens (including phenoxy) is 1. The van der Waals surface area contributed by atoms with Crippen LogP contribution in [0.15, 0.2) is 52.4 Å². The highest BCUT2D eigenvalue weighted by Gasteiger charge is 2.16. The third-order valence-electron chi connectivity index (χ3n) is 4.36. The third kappa shape index (κ3) is 5.94. The molecule has 0 atom stereocenters. The van der Waals surface area contributed by atoms with Crippen molar-refractivity contribution in [2.45, 2.75) is 24.3 Å². The maximum Gasteiger partial charge on any atom is 0.325 e. The molecular weight excluding hydrogens is 483 g/mol. The van der Waals surface area contributed by atoms with E-state index in [2.05, 4.69) is 4.99 Å². The summed E-state index contributed by atoms with van der Waals surface area (Å²) in [4.78, 5) is 28.8. The van der Waals surface area contributed by atoms with Gasteiger partial charge in [0.25, 0.3) is 0 Å². The van der Waals surface area contributed by atoms with Gasteiger partial charge in [0.1, 0.15) is 6.54 Å². The van der Waals surface area contributed by atoms with E-state index in [1.165, 1.54) is 42.7 Å². The number of halogens is 2. The van der Waals surface area contributed by atoms with Crippen molar-refractivity contribution in [1.82, 2.24) is 4.57 Å². The Kier molecular flexibility index (Phi) is 7.53. The molecule has 0 saturated carbocycles. The molecule has 0 fully saturated rings. The second kappa shape index (κ2) is 9.95. The minimum atomic E-state index is -3.53. The highest BCUT2D eigenvalue weighted by molar-refractivity contribution is 7.91. The molecule has 2 aromatic carbocycles. The van der Waals surface area contributed by atoms with E-state index in [1.54, 1.807) is 22.8 Å². The van der Waals surface area contributed by atoms with E-state index < -0.39 is 21.7 Å². The SMILES string of the molecule is COC(=O)Cn1c(=NC(=O)CCCS(=O)(=O)c2ccc(Cl)cc2)sc2cc(Cl)ccc21. The summed E-state index contributed by atoms with van der Waals surface area (Å²) >= 11 is 13.0. The summed E-state index contributed by atoms with van der Waals surface area (Å²) < 4.78 is 31.8. The lowest BCUT2D eigenvalue weighted by atomic mass is 10.3. The second-order valence-corrected chi connectivity index (χ2v) is 10.5.